The first kappa shape index (κ1) is 12.6. The summed E-state index contributed by atoms with van der Waals surface area (Å²) in [5.41, 5.74) is 0.490. The molecule has 2 aliphatic rings. The van der Waals surface area contributed by atoms with E-state index in [1.807, 2.05) is 6.20 Å². The molecule has 0 aromatic heterocycles. The summed E-state index contributed by atoms with van der Waals surface area (Å²) in [5, 5.41) is 3.02. The topological polar surface area (TPSA) is 42.9 Å². The molecule has 0 aliphatic carbocycles. The smallest absolute Gasteiger partial charge is 0.399 e. The standard InChI is InChI=1S/C12H21BN2O2/c1-6-10-9(7-14-8-15-10)13-16-11(2,3)12(4,5)17-13/h7-8,10H,6H2,1-5H3,(H,14,15). The Labute approximate surface area is 104 Å². The number of rotatable bonds is 2. The molecule has 1 saturated heterocycles. The van der Waals surface area contributed by atoms with Crippen molar-refractivity contribution in [2.24, 2.45) is 4.99 Å². The molecule has 0 aromatic rings. The molecule has 1 fully saturated rings. The second-order valence-electron chi connectivity index (χ2n) is 5.60. The largest absolute Gasteiger partial charge is 0.494 e. The van der Waals surface area contributed by atoms with Crippen LogP contribution in [0, 0.1) is 0 Å². The molecule has 1 atom stereocenters. The summed E-state index contributed by atoms with van der Waals surface area (Å²) in [6, 6.07) is 0.158. The van der Waals surface area contributed by atoms with Crippen molar-refractivity contribution in [3.63, 3.8) is 0 Å². The Bertz CT molecular complexity index is 348. The van der Waals surface area contributed by atoms with Crippen LogP contribution in [-0.4, -0.2) is 30.7 Å². The Balaban J connectivity index is 2.18. The quantitative estimate of drug-likeness (QED) is 0.744. The lowest BCUT2D eigenvalue weighted by Gasteiger charge is -2.32. The molecule has 0 spiro atoms. The predicted molar refractivity (Wildman–Crippen MR) is 69.9 cm³/mol. The van der Waals surface area contributed by atoms with Crippen molar-refractivity contribution in [2.75, 3.05) is 0 Å². The van der Waals surface area contributed by atoms with Gasteiger partial charge in [0.15, 0.2) is 0 Å². The molecule has 2 rings (SSSR count). The van der Waals surface area contributed by atoms with E-state index in [1.54, 1.807) is 6.34 Å². The Morgan fingerprint density at radius 1 is 1.29 bits per heavy atom. The molecular formula is C12H21BN2O2. The van der Waals surface area contributed by atoms with E-state index < -0.39 is 0 Å². The molecule has 1 N–H and O–H groups in total. The first-order chi connectivity index (χ1) is 7.87. The van der Waals surface area contributed by atoms with Gasteiger partial charge >= 0.3 is 7.12 Å². The van der Waals surface area contributed by atoms with Crippen molar-refractivity contribution in [3.05, 3.63) is 11.7 Å². The van der Waals surface area contributed by atoms with Gasteiger partial charge in [-0.15, -0.1) is 0 Å². The molecule has 1 unspecified atom stereocenters. The second-order valence-corrected chi connectivity index (χ2v) is 5.60. The highest BCUT2D eigenvalue weighted by Gasteiger charge is 2.53. The van der Waals surface area contributed by atoms with Gasteiger partial charge in [0.2, 0.25) is 0 Å². The van der Waals surface area contributed by atoms with E-state index in [4.69, 9.17) is 9.31 Å². The molecular weight excluding hydrogens is 215 g/mol. The van der Waals surface area contributed by atoms with Gasteiger partial charge in [-0.2, -0.15) is 0 Å². The van der Waals surface area contributed by atoms with Crippen LogP contribution in [0.3, 0.4) is 0 Å². The Hall–Kier alpha value is -0.805. The van der Waals surface area contributed by atoms with E-state index in [0.717, 1.165) is 11.9 Å². The van der Waals surface area contributed by atoms with E-state index >= 15 is 0 Å². The maximum atomic E-state index is 6.03. The van der Waals surface area contributed by atoms with E-state index in [2.05, 4.69) is 44.9 Å². The number of hydrogen-bond donors (Lipinski definition) is 1. The van der Waals surface area contributed by atoms with Crippen LogP contribution in [-0.2, 0) is 9.31 Å². The number of nitrogens with zero attached hydrogens (tertiary/aromatic N) is 1. The van der Waals surface area contributed by atoms with Crippen molar-refractivity contribution in [1.82, 2.24) is 5.32 Å². The lowest BCUT2D eigenvalue weighted by atomic mass is 9.73. The average Bonchev–Trinajstić information content (AvgIpc) is 2.48. The Morgan fingerprint density at radius 2 is 1.88 bits per heavy atom. The van der Waals surface area contributed by atoms with Gasteiger partial charge in [0.1, 0.15) is 0 Å². The molecule has 0 amide bonds. The highest BCUT2D eigenvalue weighted by Crippen LogP contribution is 2.39. The maximum Gasteiger partial charge on any atom is 0.494 e. The van der Waals surface area contributed by atoms with Crippen LogP contribution in [0.5, 0.6) is 0 Å². The summed E-state index contributed by atoms with van der Waals surface area (Å²) in [4.78, 5) is 4.41. The highest BCUT2D eigenvalue weighted by molar-refractivity contribution is 6.55. The van der Waals surface area contributed by atoms with Gasteiger partial charge in [-0.25, -0.2) is 0 Å². The zero-order valence-electron chi connectivity index (χ0n) is 11.3. The number of nitrogens with one attached hydrogen (secondary N) is 1. The second kappa shape index (κ2) is 4.14. The Kier molecular flexibility index (Phi) is 3.08. The van der Waals surface area contributed by atoms with Crippen molar-refractivity contribution >= 4 is 13.5 Å². The summed E-state index contributed by atoms with van der Waals surface area (Å²) in [5.74, 6) is 0. The summed E-state index contributed by atoms with van der Waals surface area (Å²) in [6.07, 6.45) is 4.63. The number of hydrogen-bond acceptors (Lipinski definition) is 4. The lowest BCUT2D eigenvalue weighted by molar-refractivity contribution is 0.00578. The minimum Gasteiger partial charge on any atom is -0.399 e. The maximum absolute atomic E-state index is 6.03. The van der Waals surface area contributed by atoms with Gasteiger partial charge in [0.05, 0.1) is 23.6 Å². The van der Waals surface area contributed by atoms with Crippen LogP contribution in [0.2, 0.25) is 0 Å². The molecule has 4 nitrogen and oxygen atoms in total. The van der Waals surface area contributed by atoms with Crippen molar-refractivity contribution in [2.45, 2.75) is 58.3 Å². The third-order valence-corrected chi connectivity index (χ3v) is 3.88. The first-order valence-corrected chi connectivity index (χ1v) is 6.20. The average molecular weight is 236 g/mol. The van der Waals surface area contributed by atoms with E-state index in [0.29, 0.717) is 0 Å². The van der Waals surface area contributed by atoms with Gasteiger partial charge in [0, 0.05) is 5.47 Å². The van der Waals surface area contributed by atoms with Crippen LogP contribution in [0.1, 0.15) is 41.0 Å². The third-order valence-electron chi connectivity index (χ3n) is 3.88. The minimum absolute atomic E-state index is 0.158. The van der Waals surface area contributed by atoms with Crippen molar-refractivity contribution in [1.29, 1.82) is 0 Å². The summed E-state index contributed by atoms with van der Waals surface area (Å²) < 4.78 is 12.1. The SMILES string of the molecule is CCC1N=CNC=C1B1OC(C)(C)C(C)(C)O1. The fourth-order valence-electron chi connectivity index (χ4n) is 1.99. The molecule has 2 heterocycles. The normalized spacial score (nSPS) is 30.1. The first-order valence-electron chi connectivity index (χ1n) is 6.20. The van der Waals surface area contributed by atoms with Gasteiger partial charge < -0.3 is 14.6 Å². The lowest BCUT2D eigenvalue weighted by Crippen LogP contribution is -2.41. The van der Waals surface area contributed by atoms with Gasteiger partial charge in [-0.1, -0.05) is 6.92 Å². The molecule has 0 radical (unpaired) electrons. The summed E-state index contributed by atoms with van der Waals surface area (Å²) >= 11 is 0. The van der Waals surface area contributed by atoms with Gasteiger partial charge in [-0.3, -0.25) is 4.99 Å². The molecule has 2 aliphatic heterocycles. The molecule has 0 aromatic carbocycles. The molecule has 17 heavy (non-hydrogen) atoms. The predicted octanol–water partition coefficient (Wildman–Crippen LogP) is 1.91. The van der Waals surface area contributed by atoms with Crippen LogP contribution < -0.4 is 5.32 Å². The molecule has 0 saturated carbocycles. The third kappa shape index (κ3) is 2.14. The number of aliphatic imine (C=N–C) groups is 1. The van der Waals surface area contributed by atoms with E-state index in [9.17, 15) is 0 Å². The fourth-order valence-corrected chi connectivity index (χ4v) is 1.99. The van der Waals surface area contributed by atoms with Crippen LogP contribution >= 0.6 is 0 Å². The fraction of sp³-hybridized carbons (Fsp3) is 0.750. The van der Waals surface area contributed by atoms with Crippen molar-refractivity contribution in [3.8, 4) is 0 Å². The molecule has 0 bridgehead atoms. The zero-order valence-corrected chi connectivity index (χ0v) is 11.3. The van der Waals surface area contributed by atoms with Gasteiger partial charge in [0.25, 0.3) is 0 Å². The summed E-state index contributed by atoms with van der Waals surface area (Å²) in [7, 11) is -0.296. The van der Waals surface area contributed by atoms with E-state index in [1.165, 1.54) is 0 Å². The van der Waals surface area contributed by atoms with Crippen LogP contribution in [0.4, 0.5) is 0 Å². The van der Waals surface area contributed by atoms with Crippen molar-refractivity contribution < 1.29 is 9.31 Å². The highest BCUT2D eigenvalue weighted by atomic mass is 16.7. The Morgan fingerprint density at radius 3 is 2.41 bits per heavy atom. The minimum atomic E-state index is -0.296. The summed E-state index contributed by atoms with van der Waals surface area (Å²) in [6.45, 7) is 10.4. The van der Waals surface area contributed by atoms with Crippen LogP contribution in [0.15, 0.2) is 16.7 Å². The molecule has 5 heteroatoms. The van der Waals surface area contributed by atoms with E-state index in [-0.39, 0.29) is 24.4 Å². The molecule has 94 valence electrons. The monoisotopic (exact) mass is 236 g/mol. The van der Waals surface area contributed by atoms with Crippen LogP contribution in [0.25, 0.3) is 0 Å². The van der Waals surface area contributed by atoms with Gasteiger partial charge in [-0.05, 0) is 40.3 Å². The zero-order chi connectivity index (χ0) is 12.7.